The molecule has 1 unspecified atom stereocenters. The van der Waals surface area contributed by atoms with Gasteiger partial charge in [-0.25, -0.2) is 0 Å². The van der Waals surface area contributed by atoms with Gasteiger partial charge in [0.2, 0.25) is 11.8 Å². The van der Waals surface area contributed by atoms with Crippen LogP contribution in [-0.2, 0) is 22.6 Å². The van der Waals surface area contributed by atoms with Crippen molar-refractivity contribution in [3.8, 4) is 0 Å². The van der Waals surface area contributed by atoms with Gasteiger partial charge in [0.15, 0.2) is 0 Å². The predicted octanol–water partition coefficient (Wildman–Crippen LogP) is 5.01. The van der Waals surface area contributed by atoms with E-state index in [1.807, 2.05) is 0 Å². The number of hydrogen-bond donors (Lipinski definition) is 1. The number of hydrogen-bond acceptors (Lipinski definition) is 2. The monoisotopic (exact) mass is 446 g/mol. The maximum atomic E-state index is 13.0. The minimum Gasteiger partial charge on any atom is -0.357 e. The molecule has 2 aromatic rings. The summed E-state index contributed by atoms with van der Waals surface area (Å²) in [6.07, 6.45) is 0.0558. The SMILES string of the molecule is CNC(=O)C(C)N(Cc1c(Cl)cccc1Cl)C(=O)Cc1ccc(Cl)c(Cl)c1. The molecule has 0 aliphatic rings. The predicted molar refractivity (Wildman–Crippen MR) is 111 cm³/mol. The van der Waals surface area contributed by atoms with E-state index in [0.717, 1.165) is 0 Å². The third-order valence-corrected chi connectivity index (χ3v) is 5.59. The van der Waals surface area contributed by atoms with E-state index in [2.05, 4.69) is 5.32 Å². The third-order valence-electron chi connectivity index (χ3n) is 4.14. The molecule has 27 heavy (non-hydrogen) atoms. The van der Waals surface area contributed by atoms with E-state index >= 15 is 0 Å². The molecule has 8 heteroatoms. The topological polar surface area (TPSA) is 49.4 Å². The average molecular weight is 448 g/mol. The highest BCUT2D eigenvalue weighted by Gasteiger charge is 2.27. The van der Waals surface area contributed by atoms with Gasteiger partial charge in [0.1, 0.15) is 6.04 Å². The van der Waals surface area contributed by atoms with Gasteiger partial charge in [-0.1, -0.05) is 58.5 Å². The first-order valence-electron chi connectivity index (χ1n) is 8.12. The molecule has 0 fully saturated rings. The van der Waals surface area contributed by atoms with Gasteiger partial charge in [0.25, 0.3) is 0 Å². The highest BCUT2D eigenvalue weighted by atomic mass is 35.5. The second-order valence-corrected chi connectivity index (χ2v) is 7.57. The highest BCUT2D eigenvalue weighted by molar-refractivity contribution is 6.42. The number of benzene rings is 2. The van der Waals surface area contributed by atoms with Crippen molar-refractivity contribution in [3.63, 3.8) is 0 Å². The molecule has 0 aliphatic carbocycles. The Labute approximate surface area is 178 Å². The molecule has 2 amide bonds. The van der Waals surface area contributed by atoms with E-state index in [1.54, 1.807) is 43.3 Å². The lowest BCUT2D eigenvalue weighted by Gasteiger charge is -2.29. The number of rotatable bonds is 6. The summed E-state index contributed by atoms with van der Waals surface area (Å²) in [5.74, 6) is -0.554. The molecule has 0 saturated heterocycles. The summed E-state index contributed by atoms with van der Waals surface area (Å²) in [6, 6.07) is 9.37. The summed E-state index contributed by atoms with van der Waals surface area (Å²) < 4.78 is 0. The first kappa shape index (κ1) is 21.8. The molecule has 1 atom stereocenters. The molecule has 0 aliphatic heterocycles. The molecule has 0 heterocycles. The first-order valence-corrected chi connectivity index (χ1v) is 9.63. The second-order valence-electron chi connectivity index (χ2n) is 5.94. The molecule has 2 aromatic carbocycles. The molecule has 0 spiro atoms. The third kappa shape index (κ3) is 5.52. The summed E-state index contributed by atoms with van der Waals surface area (Å²) in [5.41, 5.74) is 1.27. The fourth-order valence-corrected chi connectivity index (χ4v) is 3.41. The molecule has 144 valence electrons. The lowest BCUT2D eigenvalue weighted by atomic mass is 10.1. The van der Waals surface area contributed by atoms with Gasteiger partial charge in [0.05, 0.1) is 16.5 Å². The van der Waals surface area contributed by atoms with E-state index < -0.39 is 6.04 Å². The zero-order valence-corrected chi connectivity index (χ0v) is 17.8. The number of halogens is 4. The van der Waals surface area contributed by atoms with E-state index in [4.69, 9.17) is 46.4 Å². The summed E-state index contributed by atoms with van der Waals surface area (Å²) in [7, 11) is 1.52. The van der Waals surface area contributed by atoms with Crippen molar-refractivity contribution < 1.29 is 9.59 Å². The van der Waals surface area contributed by atoms with Crippen molar-refractivity contribution in [1.82, 2.24) is 10.2 Å². The van der Waals surface area contributed by atoms with Crippen LogP contribution in [0.2, 0.25) is 20.1 Å². The molecular formula is C19H18Cl4N2O2. The van der Waals surface area contributed by atoms with Crippen LogP contribution in [0.25, 0.3) is 0 Å². The van der Waals surface area contributed by atoms with Crippen LogP contribution in [0, 0.1) is 0 Å². The lowest BCUT2D eigenvalue weighted by molar-refractivity contribution is -0.139. The van der Waals surface area contributed by atoms with Crippen LogP contribution in [0.3, 0.4) is 0 Å². The number of amides is 2. The Morgan fingerprint density at radius 3 is 2.19 bits per heavy atom. The summed E-state index contributed by atoms with van der Waals surface area (Å²) in [4.78, 5) is 26.6. The average Bonchev–Trinajstić information content (AvgIpc) is 2.63. The molecule has 0 radical (unpaired) electrons. The van der Waals surface area contributed by atoms with Gasteiger partial charge in [-0.05, 0) is 36.8 Å². The number of nitrogens with zero attached hydrogens (tertiary/aromatic N) is 1. The van der Waals surface area contributed by atoms with E-state index in [0.29, 0.717) is 31.2 Å². The van der Waals surface area contributed by atoms with E-state index in [-0.39, 0.29) is 24.8 Å². The van der Waals surface area contributed by atoms with Crippen molar-refractivity contribution >= 4 is 58.2 Å². The van der Waals surface area contributed by atoms with Crippen molar-refractivity contribution in [2.75, 3.05) is 7.05 Å². The van der Waals surface area contributed by atoms with Gasteiger partial charge in [-0.15, -0.1) is 0 Å². The largest absolute Gasteiger partial charge is 0.357 e. The Morgan fingerprint density at radius 2 is 1.63 bits per heavy atom. The van der Waals surface area contributed by atoms with Crippen molar-refractivity contribution in [1.29, 1.82) is 0 Å². The smallest absolute Gasteiger partial charge is 0.242 e. The first-order chi connectivity index (χ1) is 12.7. The number of nitrogens with one attached hydrogen (secondary N) is 1. The molecule has 0 saturated carbocycles. The van der Waals surface area contributed by atoms with Crippen molar-refractivity contribution in [2.24, 2.45) is 0 Å². The summed E-state index contributed by atoms with van der Waals surface area (Å²) in [5, 5.41) is 4.19. The zero-order chi connectivity index (χ0) is 20.1. The Balaban J connectivity index is 2.32. The Hall–Kier alpha value is -1.46. The Bertz CT molecular complexity index is 837. The van der Waals surface area contributed by atoms with Crippen LogP contribution in [0.1, 0.15) is 18.1 Å². The number of carbonyl (C=O) groups is 2. The molecule has 2 rings (SSSR count). The second kappa shape index (κ2) is 9.65. The normalized spacial score (nSPS) is 11.8. The maximum absolute atomic E-state index is 13.0. The van der Waals surface area contributed by atoms with Gasteiger partial charge in [0, 0.05) is 29.2 Å². The Morgan fingerprint density at radius 1 is 1.00 bits per heavy atom. The maximum Gasteiger partial charge on any atom is 0.242 e. The number of carbonyl (C=O) groups excluding carboxylic acids is 2. The number of likely N-dealkylation sites (N-methyl/N-ethyl adjacent to an activating group) is 1. The van der Waals surface area contributed by atoms with Crippen molar-refractivity contribution in [3.05, 3.63) is 67.6 Å². The molecule has 4 nitrogen and oxygen atoms in total. The van der Waals surface area contributed by atoms with Crippen LogP contribution < -0.4 is 5.32 Å². The Kier molecular flexibility index (Phi) is 7.80. The minimum absolute atomic E-state index is 0.0558. The molecular weight excluding hydrogens is 430 g/mol. The van der Waals surface area contributed by atoms with Gasteiger partial charge >= 0.3 is 0 Å². The van der Waals surface area contributed by atoms with Crippen molar-refractivity contribution in [2.45, 2.75) is 25.9 Å². The van der Waals surface area contributed by atoms with Crippen LogP contribution >= 0.6 is 46.4 Å². The van der Waals surface area contributed by atoms with Gasteiger partial charge in [-0.3, -0.25) is 9.59 Å². The highest BCUT2D eigenvalue weighted by Crippen LogP contribution is 2.27. The van der Waals surface area contributed by atoms with Crippen LogP contribution in [-0.4, -0.2) is 29.8 Å². The van der Waals surface area contributed by atoms with Crippen LogP contribution in [0.15, 0.2) is 36.4 Å². The van der Waals surface area contributed by atoms with E-state index in [1.165, 1.54) is 11.9 Å². The molecule has 0 aromatic heterocycles. The van der Waals surface area contributed by atoms with Gasteiger partial charge < -0.3 is 10.2 Å². The standard InChI is InChI=1S/C19H18Cl4N2O2/c1-11(19(27)24-2)25(10-13-14(20)4-3-5-15(13)21)18(26)9-12-6-7-16(22)17(23)8-12/h3-8,11H,9-10H2,1-2H3,(H,24,27). The minimum atomic E-state index is -0.711. The van der Waals surface area contributed by atoms with Gasteiger partial charge in [-0.2, -0.15) is 0 Å². The molecule has 0 bridgehead atoms. The van der Waals surface area contributed by atoms with Crippen LogP contribution in [0.5, 0.6) is 0 Å². The zero-order valence-electron chi connectivity index (χ0n) is 14.7. The summed E-state index contributed by atoms with van der Waals surface area (Å²) >= 11 is 24.4. The quantitative estimate of drug-likeness (QED) is 0.676. The molecule has 1 N–H and O–H groups in total. The summed E-state index contributed by atoms with van der Waals surface area (Å²) in [6.45, 7) is 1.75. The van der Waals surface area contributed by atoms with Crippen LogP contribution in [0.4, 0.5) is 0 Å². The van der Waals surface area contributed by atoms with E-state index in [9.17, 15) is 9.59 Å². The fraction of sp³-hybridized carbons (Fsp3) is 0.263. The lowest BCUT2D eigenvalue weighted by Crippen LogP contribution is -2.47. The fourth-order valence-electron chi connectivity index (χ4n) is 2.57.